The Labute approximate surface area is 159 Å². The van der Waals surface area contributed by atoms with E-state index in [9.17, 15) is 14.7 Å². The number of methoxy groups -OCH3 is 1. The van der Waals surface area contributed by atoms with Crippen LogP contribution in [-0.2, 0) is 9.59 Å². The van der Waals surface area contributed by atoms with Gasteiger partial charge in [-0.3, -0.25) is 9.59 Å². The van der Waals surface area contributed by atoms with Gasteiger partial charge in [-0.2, -0.15) is 5.10 Å². The topological polar surface area (TPSA) is 100 Å². The van der Waals surface area contributed by atoms with E-state index in [1.54, 1.807) is 43.5 Å². The van der Waals surface area contributed by atoms with Crippen LogP contribution in [0, 0.1) is 0 Å². The van der Waals surface area contributed by atoms with Gasteiger partial charge in [-0.05, 0) is 64.0 Å². The summed E-state index contributed by atoms with van der Waals surface area (Å²) < 4.78 is 5.57. The van der Waals surface area contributed by atoms with E-state index in [1.165, 1.54) is 12.3 Å². The van der Waals surface area contributed by atoms with Gasteiger partial charge in [-0.25, -0.2) is 5.43 Å². The summed E-state index contributed by atoms with van der Waals surface area (Å²) in [5.74, 6) is 0.177. The first-order valence-corrected chi connectivity index (χ1v) is 8.51. The van der Waals surface area contributed by atoms with Crippen LogP contribution in [0.25, 0.3) is 0 Å². The molecule has 0 fully saturated rings. The van der Waals surface area contributed by atoms with Gasteiger partial charge >= 0.3 is 0 Å². The number of hydrogen-bond donors (Lipinski definition) is 3. The van der Waals surface area contributed by atoms with Gasteiger partial charge in [0.1, 0.15) is 11.5 Å². The normalized spacial score (nSPS) is 10.5. The van der Waals surface area contributed by atoms with Crippen molar-refractivity contribution >= 4 is 39.6 Å². The van der Waals surface area contributed by atoms with E-state index >= 15 is 0 Å². The maximum absolute atomic E-state index is 11.8. The fraction of sp³-hybridized carbons (Fsp3) is 0.167. The number of hydrazone groups is 1. The maximum atomic E-state index is 11.8. The van der Waals surface area contributed by atoms with Gasteiger partial charge in [-0.1, -0.05) is 0 Å². The van der Waals surface area contributed by atoms with E-state index in [-0.39, 0.29) is 30.4 Å². The molecule has 0 atom stereocenters. The first-order valence-electron chi connectivity index (χ1n) is 7.72. The summed E-state index contributed by atoms with van der Waals surface area (Å²) in [6.45, 7) is 0. The quantitative estimate of drug-likeness (QED) is 0.474. The highest BCUT2D eigenvalue weighted by molar-refractivity contribution is 9.10. The highest BCUT2D eigenvalue weighted by Crippen LogP contribution is 2.23. The number of nitrogens with one attached hydrogen (secondary N) is 2. The smallest absolute Gasteiger partial charge is 0.240 e. The summed E-state index contributed by atoms with van der Waals surface area (Å²) in [4.78, 5) is 23.6. The Morgan fingerprint density at radius 2 is 1.85 bits per heavy atom. The number of rotatable bonds is 7. The number of carbonyl (C=O) groups excluding carboxylic acids is 2. The van der Waals surface area contributed by atoms with Gasteiger partial charge < -0.3 is 15.2 Å². The summed E-state index contributed by atoms with van der Waals surface area (Å²) in [6, 6.07) is 11.7. The van der Waals surface area contributed by atoms with Gasteiger partial charge in [0.2, 0.25) is 11.8 Å². The van der Waals surface area contributed by atoms with Crippen molar-refractivity contribution in [2.45, 2.75) is 12.8 Å². The van der Waals surface area contributed by atoms with Crippen molar-refractivity contribution in [2.75, 3.05) is 12.4 Å². The van der Waals surface area contributed by atoms with Crippen molar-refractivity contribution in [1.82, 2.24) is 5.43 Å². The Kier molecular flexibility index (Phi) is 7.16. The van der Waals surface area contributed by atoms with E-state index in [2.05, 4.69) is 31.8 Å². The SMILES string of the molecule is COc1ccc(NC(=O)CCC(=O)N/N=C/c2ccc(O)c(Br)c2)cc1. The van der Waals surface area contributed by atoms with Gasteiger partial charge in [0.15, 0.2) is 0 Å². The Morgan fingerprint density at radius 3 is 2.50 bits per heavy atom. The van der Waals surface area contributed by atoms with Crippen molar-refractivity contribution in [1.29, 1.82) is 0 Å². The molecule has 0 saturated carbocycles. The summed E-state index contributed by atoms with van der Waals surface area (Å²) >= 11 is 3.19. The maximum Gasteiger partial charge on any atom is 0.240 e. The number of phenols is 1. The van der Waals surface area contributed by atoms with E-state index in [0.717, 1.165) is 0 Å². The molecule has 0 radical (unpaired) electrons. The Balaban J connectivity index is 1.74. The molecule has 0 saturated heterocycles. The van der Waals surface area contributed by atoms with Crippen LogP contribution in [0.5, 0.6) is 11.5 Å². The zero-order valence-corrected chi connectivity index (χ0v) is 15.6. The number of phenolic OH excluding ortho intramolecular Hbond substituents is 1. The molecule has 2 aromatic carbocycles. The molecule has 26 heavy (non-hydrogen) atoms. The summed E-state index contributed by atoms with van der Waals surface area (Å²) in [6.07, 6.45) is 1.50. The second kappa shape index (κ2) is 9.57. The molecular formula is C18H18BrN3O4. The zero-order chi connectivity index (χ0) is 18.9. The third-order valence-electron chi connectivity index (χ3n) is 3.33. The van der Waals surface area contributed by atoms with Gasteiger partial charge in [0.05, 0.1) is 17.8 Å². The largest absolute Gasteiger partial charge is 0.507 e. The lowest BCUT2D eigenvalue weighted by atomic mass is 10.2. The molecule has 0 bridgehead atoms. The van der Waals surface area contributed by atoms with Crippen LogP contribution in [0.3, 0.4) is 0 Å². The van der Waals surface area contributed by atoms with Gasteiger partial charge in [-0.15, -0.1) is 0 Å². The molecule has 0 spiro atoms. The van der Waals surface area contributed by atoms with Crippen molar-refractivity contribution in [2.24, 2.45) is 5.10 Å². The first-order chi connectivity index (χ1) is 12.5. The number of aromatic hydroxyl groups is 1. The summed E-state index contributed by atoms with van der Waals surface area (Å²) in [5.41, 5.74) is 3.69. The third kappa shape index (κ3) is 6.21. The van der Waals surface area contributed by atoms with Crippen LogP contribution in [0.2, 0.25) is 0 Å². The molecule has 7 nitrogen and oxygen atoms in total. The molecule has 0 unspecified atom stereocenters. The lowest BCUT2D eigenvalue weighted by molar-refractivity contribution is -0.124. The monoisotopic (exact) mass is 419 g/mol. The number of halogens is 1. The van der Waals surface area contributed by atoms with Crippen LogP contribution >= 0.6 is 15.9 Å². The van der Waals surface area contributed by atoms with Crippen molar-refractivity contribution in [3.8, 4) is 11.5 Å². The molecule has 8 heteroatoms. The average Bonchev–Trinajstić information content (AvgIpc) is 2.63. The highest BCUT2D eigenvalue weighted by Gasteiger charge is 2.07. The Morgan fingerprint density at radius 1 is 1.15 bits per heavy atom. The lowest BCUT2D eigenvalue weighted by Gasteiger charge is -2.06. The molecule has 2 aromatic rings. The minimum atomic E-state index is -0.371. The van der Waals surface area contributed by atoms with Crippen molar-refractivity contribution < 1.29 is 19.4 Å². The van der Waals surface area contributed by atoms with Crippen LogP contribution < -0.4 is 15.5 Å². The first kappa shape index (κ1) is 19.5. The number of amides is 2. The van der Waals surface area contributed by atoms with E-state index < -0.39 is 0 Å². The molecule has 3 N–H and O–H groups in total. The predicted octanol–water partition coefficient (Wildman–Crippen LogP) is 3.03. The van der Waals surface area contributed by atoms with Crippen molar-refractivity contribution in [3.63, 3.8) is 0 Å². The van der Waals surface area contributed by atoms with Gasteiger partial charge in [0.25, 0.3) is 0 Å². The summed E-state index contributed by atoms with van der Waals surface area (Å²) in [7, 11) is 1.56. The minimum Gasteiger partial charge on any atom is -0.507 e. The molecular weight excluding hydrogens is 402 g/mol. The summed E-state index contributed by atoms with van der Waals surface area (Å²) in [5, 5.41) is 15.9. The predicted molar refractivity (Wildman–Crippen MR) is 102 cm³/mol. The zero-order valence-electron chi connectivity index (χ0n) is 14.0. The Bertz CT molecular complexity index is 807. The molecule has 2 rings (SSSR count). The Hall–Kier alpha value is -2.87. The third-order valence-corrected chi connectivity index (χ3v) is 3.96. The standard InChI is InChI=1S/C18H18BrN3O4/c1-26-14-5-3-13(4-6-14)21-17(24)8-9-18(25)22-20-11-12-2-7-16(23)15(19)10-12/h2-7,10-11,23H,8-9H2,1H3,(H,21,24)(H,22,25)/b20-11+. The number of anilines is 1. The highest BCUT2D eigenvalue weighted by atomic mass is 79.9. The molecule has 2 amide bonds. The molecule has 136 valence electrons. The molecule has 0 aliphatic rings. The van der Waals surface area contributed by atoms with Gasteiger partial charge in [0, 0.05) is 18.5 Å². The second-order valence-corrected chi connectivity index (χ2v) is 6.14. The van der Waals surface area contributed by atoms with Crippen LogP contribution in [0.15, 0.2) is 52.0 Å². The minimum absolute atomic E-state index is 0.0125. The number of hydrogen-bond acceptors (Lipinski definition) is 5. The fourth-order valence-electron chi connectivity index (χ4n) is 1.96. The number of nitrogens with zero attached hydrogens (tertiary/aromatic N) is 1. The number of benzene rings is 2. The molecule has 0 aromatic heterocycles. The number of carbonyl (C=O) groups is 2. The lowest BCUT2D eigenvalue weighted by Crippen LogP contribution is -2.20. The van der Waals surface area contributed by atoms with E-state index in [1.807, 2.05) is 0 Å². The van der Waals surface area contributed by atoms with Crippen LogP contribution in [0.1, 0.15) is 18.4 Å². The molecule has 0 aliphatic heterocycles. The average molecular weight is 420 g/mol. The van der Waals surface area contributed by atoms with Crippen molar-refractivity contribution in [3.05, 3.63) is 52.5 Å². The molecule has 0 aliphatic carbocycles. The molecule has 0 heterocycles. The van der Waals surface area contributed by atoms with E-state index in [4.69, 9.17) is 4.74 Å². The van der Waals surface area contributed by atoms with Crippen LogP contribution in [0.4, 0.5) is 5.69 Å². The second-order valence-electron chi connectivity index (χ2n) is 5.28. The number of ether oxygens (including phenoxy) is 1. The van der Waals surface area contributed by atoms with Crippen LogP contribution in [-0.4, -0.2) is 30.2 Å². The van der Waals surface area contributed by atoms with E-state index in [0.29, 0.717) is 21.5 Å². The fourth-order valence-corrected chi connectivity index (χ4v) is 2.36.